The summed E-state index contributed by atoms with van der Waals surface area (Å²) in [5.74, 6) is 0.221. The zero-order valence-corrected chi connectivity index (χ0v) is 18.6. The maximum absolute atomic E-state index is 12.6. The summed E-state index contributed by atoms with van der Waals surface area (Å²) in [6.45, 7) is 4.14. The first-order valence-corrected chi connectivity index (χ1v) is 10.5. The van der Waals surface area contributed by atoms with Gasteiger partial charge in [0.1, 0.15) is 5.69 Å². The SMILES string of the molecule is COCc1cc(C(=O)Nc2cc([C@H]3CC[C@@](CO)(CC(=O)NC(C)C)C3)[nH]n2)n(C)n1. The average Bonchev–Trinajstić information content (AvgIpc) is 3.40. The van der Waals surface area contributed by atoms with E-state index in [1.54, 1.807) is 20.2 Å². The molecule has 2 atom stereocenters. The molecule has 1 saturated carbocycles. The summed E-state index contributed by atoms with van der Waals surface area (Å²) >= 11 is 0. The lowest BCUT2D eigenvalue weighted by molar-refractivity contribution is -0.124. The van der Waals surface area contributed by atoms with Crippen molar-refractivity contribution in [3.05, 3.63) is 29.2 Å². The summed E-state index contributed by atoms with van der Waals surface area (Å²) in [7, 11) is 3.28. The number of aromatic amines is 1. The minimum absolute atomic E-state index is 0.0307. The standard InChI is InChI=1S/C21H32N6O4/c1-13(2)22-19(29)10-21(12-28)6-5-14(9-21)16-8-18(25-24-16)23-20(30)17-7-15(11-31-4)26-27(17)3/h7-8,13-14,28H,5-6,9-12H2,1-4H3,(H,22,29)(H2,23,24,25,30)/t14-,21-/m0/s1. The minimum Gasteiger partial charge on any atom is -0.396 e. The van der Waals surface area contributed by atoms with Crippen LogP contribution in [0, 0.1) is 5.41 Å². The molecule has 2 amide bonds. The topological polar surface area (TPSA) is 134 Å². The van der Waals surface area contributed by atoms with Gasteiger partial charge in [-0.25, -0.2) is 0 Å². The van der Waals surface area contributed by atoms with E-state index in [0.717, 1.165) is 18.5 Å². The van der Waals surface area contributed by atoms with Crippen molar-refractivity contribution in [1.29, 1.82) is 0 Å². The molecule has 1 aliphatic carbocycles. The molecule has 2 heterocycles. The fourth-order valence-corrected chi connectivity index (χ4v) is 4.29. The van der Waals surface area contributed by atoms with Gasteiger partial charge < -0.3 is 20.5 Å². The predicted molar refractivity (Wildman–Crippen MR) is 114 cm³/mol. The van der Waals surface area contributed by atoms with Crippen LogP contribution >= 0.6 is 0 Å². The second-order valence-corrected chi connectivity index (χ2v) is 8.74. The molecule has 1 fully saturated rings. The molecular weight excluding hydrogens is 400 g/mol. The number of amides is 2. The van der Waals surface area contributed by atoms with Gasteiger partial charge in [0, 0.05) is 56.3 Å². The first-order chi connectivity index (χ1) is 14.7. The second kappa shape index (κ2) is 9.61. The van der Waals surface area contributed by atoms with Crippen LogP contribution < -0.4 is 10.6 Å². The van der Waals surface area contributed by atoms with Gasteiger partial charge >= 0.3 is 0 Å². The highest BCUT2D eigenvalue weighted by Crippen LogP contribution is 2.48. The maximum Gasteiger partial charge on any atom is 0.275 e. The molecule has 0 spiro atoms. The lowest BCUT2D eigenvalue weighted by atomic mass is 9.82. The Kier molecular flexibility index (Phi) is 7.11. The van der Waals surface area contributed by atoms with E-state index in [-0.39, 0.29) is 30.4 Å². The number of hydrogen-bond acceptors (Lipinski definition) is 6. The second-order valence-electron chi connectivity index (χ2n) is 8.74. The number of aryl methyl sites for hydroxylation is 1. The average molecular weight is 433 g/mol. The van der Waals surface area contributed by atoms with E-state index >= 15 is 0 Å². The zero-order valence-electron chi connectivity index (χ0n) is 18.6. The molecule has 2 aromatic rings. The van der Waals surface area contributed by atoms with Crippen LogP contribution in [0.15, 0.2) is 12.1 Å². The first kappa shape index (κ1) is 23.0. The van der Waals surface area contributed by atoms with Gasteiger partial charge in [-0.05, 0) is 39.2 Å². The van der Waals surface area contributed by atoms with E-state index < -0.39 is 5.41 Å². The molecule has 10 nitrogen and oxygen atoms in total. The lowest BCUT2D eigenvalue weighted by Gasteiger charge is -2.26. The molecule has 0 radical (unpaired) electrons. The third kappa shape index (κ3) is 5.50. The van der Waals surface area contributed by atoms with Crippen molar-refractivity contribution in [2.75, 3.05) is 19.0 Å². The summed E-state index contributed by atoms with van der Waals surface area (Å²) in [5, 5.41) is 27.2. The van der Waals surface area contributed by atoms with E-state index in [1.165, 1.54) is 4.68 Å². The number of carbonyl (C=O) groups is 2. The van der Waals surface area contributed by atoms with Crippen LogP contribution in [-0.4, -0.2) is 56.7 Å². The molecule has 0 aromatic carbocycles. The summed E-state index contributed by atoms with van der Waals surface area (Å²) < 4.78 is 6.56. The molecule has 0 bridgehead atoms. The van der Waals surface area contributed by atoms with Gasteiger partial charge in [0.25, 0.3) is 5.91 Å². The Morgan fingerprint density at radius 3 is 2.87 bits per heavy atom. The van der Waals surface area contributed by atoms with Gasteiger partial charge in [-0.1, -0.05) is 0 Å². The molecule has 2 aromatic heterocycles. The zero-order chi connectivity index (χ0) is 22.6. The van der Waals surface area contributed by atoms with Gasteiger partial charge in [-0.2, -0.15) is 10.2 Å². The molecule has 31 heavy (non-hydrogen) atoms. The number of anilines is 1. The van der Waals surface area contributed by atoms with E-state index in [2.05, 4.69) is 25.9 Å². The fraction of sp³-hybridized carbons (Fsp3) is 0.619. The monoisotopic (exact) mass is 432 g/mol. The molecular formula is C21H32N6O4. The summed E-state index contributed by atoms with van der Waals surface area (Å²) in [5.41, 5.74) is 1.54. The van der Waals surface area contributed by atoms with Crippen LogP contribution in [0.1, 0.15) is 67.3 Å². The Morgan fingerprint density at radius 2 is 2.19 bits per heavy atom. The molecule has 0 saturated heterocycles. The summed E-state index contributed by atoms with van der Waals surface area (Å²) in [6.07, 6.45) is 2.60. The van der Waals surface area contributed by atoms with Crippen LogP contribution in [0.3, 0.4) is 0 Å². The van der Waals surface area contributed by atoms with E-state index in [1.807, 2.05) is 19.9 Å². The Balaban J connectivity index is 1.63. The van der Waals surface area contributed by atoms with Crippen LogP contribution in [0.4, 0.5) is 5.82 Å². The lowest BCUT2D eigenvalue weighted by Crippen LogP contribution is -2.36. The Labute approximate surface area is 181 Å². The number of carbonyl (C=O) groups excluding carboxylic acids is 2. The highest BCUT2D eigenvalue weighted by Gasteiger charge is 2.41. The minimum atomic E-state index is -0.426. The maximum atomic E-state index is 12.6. The predicted octanol–water partition coefficient (Wildman–Crippen LogP) is 1.70. The van der Waals surface area contributed by atoms with Crippen molar-refractivity contribution in [1.82, 2.24) is 25.3 Å². The number of H-pyrrole nitrogens is 1. The van der Waals surface area contributed by atoms with Crippen molar-refractivity contribution >= 4 is 17.6 Å². The van der Waals surface area contributed by atoms with Gasteiger partial charge in [0.2, 0.25) is 5.91 Å². The van der Waals surface area contributed by atoms with Crippen molar-refractivity contribution < 1.29 is 19.4 Å². The summed E-state index contributed by atoms with van der Waals surface area (Å²) in [4.78, 5) is 24.8. The van der Waals surface area contributed by atoms with Crippen LogP contribution in [0.25, 0.3) is 0 Å². The fourth-order valence-electron chi connectivity index (χ4n) is 4.29. The van der Waals surface area contributed by atoms with Crippen molar-refractivity contribution in [2.45, 2.75) is 58.1 Å². The van der Waals surface area contributed by atoms with Crippen molar-refractivity contribution in [3.63, 3.8) is 0 Å². The number of nitrogens with one attached hydrogen (secondary N) is 3. The Bertz CT molecular complexity index is 921. The van der Waals surface area contributed by atoms with Crippen molar-refractivity contribution in [2.24, 2.45) is 12.5 Å². The summed E-state index contributed by atoms with van der Waals surface area (Å²) in [6, 6.07) is 3.57. The molecule has 170 valence electrons. The molecule has 4 N–H and O–H groups in total. The van der Waals surface area contributed by atoms with Gasteiger partial charge in [0.05, 0.1) is 12.3 Å². The number of nitrogens with zero attached hydrogens (tertiary/aromatic N) is 3. The van der Waals surface area contributed by atoms with Crippen LogP contribution in [0.2, 0.25) is 0 Å². The molecule has 10 heteroatoms. The largest absolute Gasteiger partial charge is 0.396 e. The van der Waals surface area contributed by atoms with Crippen LogP contribution in [0.5, 0.6) is 0 Å². The molecule has 0 unspecified atom stereocenters. The van der Waals surface area contributed by atoms with Gasteiger partial charge in [-0.15, -0.1) is 0 Å². The van der Waals surface area contributed by atoms with Crippen LogP contribution in [-0.2, 0) is 23.2 Å². The molecule has 3 rings (SSSR count). The number of methoxy groups -OCH3 is 1. The Hall–Kier alpha value is -2.72. The number of aliphatic hydroxyl groups is 1. The van der Waals surface area contributed by atoms with Crippen molar-refractivity contribution in [3.8, 4) is 0 Å². The number of ether oxygens (including phenoxy) is 1. The van der Waals surface area contributed by atoms with E-state index in [9.17, 15) is 14.7 Å². The Morgan fingerprint density at radius 1 is 1.42 bits per heavy atom. The highest BCUT2D eigenvalue weighted by molar-refractivity contribution is 6.02. The van der Waals surface area contributed by atoms with E-state index in [0.29, 0.717) is 36.7 Å². The smallest absolute Gasteiger partial charge is 0.275 e. The highest BCUT2D eigenvalue weighted by atomic mass is 16.5. The van der Waals surface area contributed by atoms with Gasteiger partial charge in [-0.3, -0.25) is 19.4 Å². The molecule has 0 aliphatic heterocycles. The number of aromatic nitrogens is 4. The quantitative estimate of drug-likeness (QED) is 0.476. The third-order valence-corrected chi connectivity index (χ3v) is 5.76. The molecule has 1 aliphatic rings. The first-order valence-electron chi connectivity index (χ1n) is 10.5. The third-order valence-electron chi connectivity index (χ3n) is 5.76. The number of hydrogen-bond donors (Lipinski definition) is 4. The van der Waals surface area contributed by atoms with E-state index in [4.69, 9.17) is 4.74 Å². The normalized spacial score (nSPS) is 20.9. The number of rotatable bonds is 9. The number of aliphatic hydroxyl groups excluding tert-OH is 1. The van der Waals surface area contributed by atoms with Gasteiger partial charge in [0.15, 0.2) is 5.82 Å².